The molecule has 0 aliphatic carbocycles. The molecule has 0 aliphatic heterocycles. The van der Waals surface area contributed by atoms with E-state index in [9.17, 15) is 15.0 Å². The maximum atomic E-state index is 12.1. The molecular formula is C13H16N2O3S2. The van der Waals surface area contributed by atoms with E-state index >= 15 is 0 Å². The van der Waals surface area contributed by atoms with Gasteiger partial charge in [-0.15, -0.1) is 11.3 Å². The number of carbonyl (C=O) groups is 1. The van der Waals surface area contributed by atoms with Crippen molar-refractivity contribution in [3.8, 4) is 10.6 Å². The predicted octanol–water partition coefficient (Wildman–Crippen LogP) is 1.73. The molecule has 0 atom stereocenters. The Balaban J connectivity index is 2.14. The minimum absolute atomic E-state index is 0.302. The van der Waals surface area contributed by atoms with Crippen LogP contribution in [0.25, 0.3) is 10.6 Å². The summed E-state index contributed by atoms with van der Waals surface area (Å²) in [6, 6.07) is 1.95. The van der Waals surface area contributed by atoms with Gasteiger partial charge in [0, 0.05) is 16.3 Å². The van der Waals surface area contributed by atoms with E-state index in [1.807, 2.05) is 16.8 Å². The monoisotopic (exact) mass is 312 g/mol. The molecule has 7 heteroatoms. The summed E-state index contributed by atoms with van der Waals surface area (Å²) in [6.45, 7) is 1.17. The molecule has 2 aromatic rings. The molecule has 0 unspecified atom stereocenters. The quantitative estimate of drug-likeness (QED) is 0.759. The number of nitrogens with zero attached hydrogens (tertiary/aromatic N) is 1. The van der Waals surface area contributed by atoms with Crippen molar-refractivity contribution in [2.24, 2.45) is 0 Å². The fourth-order valence-electron chi connectivity index (χ4n) is 1.64. The van der Waals surface area contributed by atoms with Crippen molar-refractivity contribution in [1.82, 2.24) is 10.3 Å². The summed E-state index contributed by atoms with van der Waals surface area (Å²) in [6.07, 6.45) is 0.438. The standard InChI is InChI=1S/C13H16N2O3S2/c1-2-13(7-16,8-17)15-11(18)10-6-20-12(14-10)9-3-4-19-5-9/h3-6,16-17H,2,7-8H2,1H3,(H,15,18). The fourth-order valence-corrected chi connectivity index (χ4v) is 3.15. The van der Waals surface area contributed by atoms with Crippen LogP contribution in [0.15, 0.2) is 22.2 Å². The molecular weight excluding hydrogens is 296 g/mol. The SMILES string of the molecule is CCC(CO)(CO)NC(=O)c1csc(-c2ccsc2)n1. The summed E-state index contributed by atoms with van der Waals surface area (Å²) in [5.41, 5.74) is 0.296. The number of amides is 1. The summed E-state index contributed by atoms with van der Waals surface area (Å²) < 4.78 is 0. The second kappa shape index (κ2) is 6.45. The molecule has 0 fully saturated rings. The number of hydrogen-bond donors (Lipinski definition) is 3. The van der Waals surface area contributed by atoms with Gasteiger partial charge in [0.25, 0.3) is 5.91 Å². The molecule has 108 valence electrons. The van der Waals surface area contributed by atoms with E-state index in [2.05, 4.69) is 10.3 Å². The molecule has 3 N–H and O–H groups in total. The van der Waals surface area contributed by atoms with E-state index in [0.29, 0.717) is 12.1 Å². The molecule has 2 rings (SSSR count). The molecule has 0 saturated carbocycles. The number of rotatable bonds is 6. The predicted molar refractivity (Wildman–Crippen MR) is 80.1 cm³/mol. The number of thiophene rings is 1. The van der Waals surface area contributed by atoms with Gasteiger partial charge in [0.05, 0.1) is 18.8 Å². The Morgan fingerprint density at radius 1 is 1.40 bits per heavy atom. The Morgan fingerprint density at radius 3 is 2.70 bits per heavy atom. The Morgan fingerprint density at radius 2 is 2.15 bits per heavy atom. The van der Waals surface area contributed by atoms with Crippen LogP contribution in [-0.4, -0.2) is 39.9 Å². The van der Waals surface area contributed by atoms with Crippen LogP contribution in [0, 0.1) is 0 Å². The average Bonchev–Trinajstić information content (AvgIpc) is 3.14. The molecule has 0 aromatic carbocycles. The first-order valence-electron chi connectivity index (χ1n) is 6.16. The first kappa shape index (κ1) is 15.1. The Hall–Kier alpha value is -1.28. The molecule has 0 saturated heterocycles. The van der Waals surface area contributed by atoms with E-state index in [0.717, 1.165) is 10.6 Å². The molecule has 2 aromatic heterocycles. The van der Waals surface area contributed by atoms with Crippen molar-refractivity contribution in [2.45, 2.75) is 18.9 Å². The topological polar surface area (TPSA) is 82.5 Å². The third-order valence-corrected chi connectivity index (χ3v) is 4.74. The lowest BCUT2D eigenvalue weighted by Crippen LogP contribution is -2.53. The average molecular weight is 312 g/mol. The van der Waals surface area contributed by atoms with E-state index in [4.69, 9.17) is 0 Å². The van der Waals surface area contributed by atoms with Crippen LogP contribution in [0.3, 0.4) is 0 Å². The van der Waals surface area contributed by atoms with Crippen molar-refractivity contribution in [1.29, 1.82) is 0 Å². The number of aliphatic hydroxyl groups excluding tert-OH is 2. The van der Waals surface area contributed by atoms with Gasteiger partial charge >= 0.3 is 0 Å². The minimum Gasteiger partial charge on any atom is -0.394 e. The molecule has 0 bridgehead atoms. The summed E-state index contributed by atoms with van der Waals surface area (Å²) in [5.74, 6) is -0.382. The van der Waals surface area contributed by atoms with Crippen LogP contribution in [0.4, 0.5) is 0 Å². The first-order valence-corrected chi connectivity index (χ1v) is 7.98. The van der Waals surface area contributed by atoms with Crippen molar-refractivity contribution in [3.63, 3.8) is 0 Å². The number of nitrogens with one attached hydrogen (secondary N) is 1. The van der Waals surface area contributed by atoms with Crippen LogP contribution in [0.2, 0.25) is 0 Å². The van der Waals surface area contributed by atoms with Gasteiger partial charge in [-0.2, -0.15) is 11.3 Å². The second-order valence-corrected chi connectivity index (χ2v) is 6.09. The van der Waals surface area contributed by atoms with E-state index in [-0.39, 0.29) is 19.1 Å². The second-order valence-electron chi connectivity index (χ2n) is 4.45. The van der Waals surface area contributed by atoms with Gasteiger partial charge in [0.2, 0.25) is 0 Å². The van der Waals surface area contributed by atoms with Crippen LogP contribution >= 0.6 is 22.7 Å². The van der Waals surface area contributed by atoms with Crippen molar-refractivity contribution in [2.75, 3.05) is 13.2 Å². The zero-order valence-electron chi connectivity index (χ0n) is 11.0. The number of aromatic nitrogens is 1. The fraction of sp³-hybridized carbons (Fsp3) is 0.385. The maximum Gasteiger partial charge on any atom is 0.271 e. The summed E-state index contributed by atoms with van der Waals surface area (Å²) >= 11 is 2.97. The number of hydrogen-bond acceptors (Lipinski definition) is 6. The Bertz CT molecular complexity index is 554. The normalized spacial score (nSPS) is 11.6. The lowest BCUT2D eigenvalue weighted by atomic mass is 9.98. The summed E-state index contributed by atoms with van der Waals surface area (Å²) in [5, 5.41) is 27.7. The van der Waals surface area contributed by atoms with Gasteiger partial charge in [0.15, 0.2) is 0 Å². The van der Waals surface area contributed by atoms with Crippen LogP contribution in [-0.2, 0) is 0 Å². The number of carbonyl (C=O) groups excluding carboxylic acids is 1. The van der Waals surface area contributed by atoms with Gasteiger partial charge in [-0.25, -0.2) is 4.98 Å². The van der Waals surface area contributed by atoms with Crippen LogP contribution in [0.1, 0.15) is 23.8 Å². The van der Waals surface area contributed by atoms with Crippen LogP contribution in [0.5, 0.6) is 0 Å². The van der Waals surface area contributed by atoms with Gasteiger partial charge in [-0.3, -0.25) is 4.79 Å². The largest absolute Gasteiger partial charge is 0.394 e. The van der Waals surface area contributed by atoms with Crippen molar-refractivity contribution >= 4 is 28.6 Å². The van der Waals surface area contributed by atoms with Gasteiger partial charge in [-0.1, -0.05) is 6.92 Å². The Kier molecular flexibility index (Phi) is 4.87. The van der Waals surface area contributed by atoms with Crippen molar-refractivity contribution < 1.29 is 15.0 Å². The first-order chi connectivity index (χ1) is 9.64. The molecule has 1 amide bonds. The molecule has 0 spiro atoms. The molecule has 0 aliphatic rings. The highest BCUT2D eigenvalue weighted by Crippen LogP contribution is 2.25. The van der Waals surface area contributed by atoms with E-state index in [1.165, 1.54) is 11.3 Å². The van der Waals surface area contributed by atoms with Gasteiger partial charge in [0.1, 0.15) is 10.7 Å². The number of thiazole rings is 1. The van der Waals surface area contributed by atoms with Gasteiger partial charge < -0.3 is 15.5 Å². The number of aliphatic hydroxyl groups is 2. The molecule has 2 heterocycles. The zero-order chi connectivity index (χ0) is 14.6. The lowest BCUT2D eigenvalue weighted by molar-refractivity contribution is 0.0649. The highest BCUT2D eigenvalue weighted by Gasteiger charge is 2.29. The molecule has 20 heavy (non-hydrogen) atoms. The molecule has 0 radical (unpaired) electrons. The highest BCUT2D eigenvalue weighted by molar-refractivity contribution is 7.14. The molecule has 5 nitrogen and oxygen atoms in total. The van der Waals surface area contributed by atoms with Gasteiger partial charge in [-0.05, 0) is 17.9 Å². The smallest absolute Gasteiger partial charge is 0.271 e. The third-order valence-electron chi connectivity index (χ3n) is 3.17. The van der Waals surface area contributed by atoms with Crippen molar-refractivity contribution in [3.05, 3.63) is 27.9 Å². The summed E-state index contributed by atoms with van der Waals surface area (Å²) in [4.78, 5) is 16.4. The maximum absolute atomic E-state index is 12.1. The van der Waals surface area contributed by atoms with E-state index < -0.39 is 5.54 Å². The van der Waals surface area contributed by atoms with E-state index in [1.54, 1.807) is 23.6 Å². The summed E-state index contributed by atoms with van der Waals surface area (Å²) in [7, 11) is 0. The highest BCUT2D eigenvalue weighted by atomic mass is 32.1. The Labute approximate surface area is 124 Å². The zero-order valence-corrected chi connectivity index (χ0v) is 12.6. The minimum atomic E-state index is -0.997. The lowest BCUT2D eigenvalue weighted by Gasteiger charge is -2.29. The van der Waals surface area contributed by atoms with Crippen LogP contribution < -0.4 is 5.32 Å². The third kappa shape index (κ3) is 3.06.